The first-order chi connectivity index (χ1) is 20.7. The van der Waals surface area contributed by atoms with Crippen molar-refractivity contribution in [1.29, 1.82) is 0 Å². The molecule has 6 rings (SSSR count). The number of carbonyl (C=O) groups excluding carboxylic acids is 1. The van der Waals surface area contributed by atoms with Gasteiger partial charge in [0.1, 0.15) is 34.7 Å². The zero-order chi connectivity index (χ0) is 30.2. The van der Waals surface area contributed by atoms with Crippen molar-refractivity contribution in [2.24, 2.45) is 0 Å². The van der Waals surface area contributed by atoms with E-state index in [1.165, 1.54) is 42.2 Å². The number of nitrogens with zero attached hydrogens (tertiary/aromatic N) is 3. The van der Waals surface area contributed by atoms with Gasteiger partial charge in [0.05, 0.1) is 18.1 Å². The van der Waals surface area contributed by atoms with Crippen molar-refractivity contribution < 1.29 is 32.5 Å². The maximum Gasteiger partial charge on any atom is 0.488 e. The highest BCUT2D eigenvalue weighted by Crippen LogP contribution is 2.42. The van der Waals surface area contributed by atoms with Gasteiger partial charge in [0.2, 0.25) is 11.8 Å². The molecule has 0 atom stereocenters. The summed E-state index contributed by atoms with van der Waals surface area (Å²) in [5, 5.41) is 20.7. The standard InChI is InChI=1S/C31H22BF2N3O5S/c1-17-6-7-19(29-35-10-12-41-29)14-21(17)26-8-9-27(43-26)37(31(38)28-23(33)4-3-5-24(28)34)25-16-20(30-36-11-13-42-30)15-22(18(25)2)32(39)40/h3-16,39-40H,1-2H3. The average Bonchev–Trinajstić information content (AvgIpc) is 3.78. The van der Waals surface area contributed by atoms with E-state index in [9.17, 15) is 14.8 Å². The van der Waals surface area contributed by atoms with Gasteiger partial charge in [0.25, 0.3) is 5.91 Å². The fourth-order valence-corrected chi connectivity index (χ4v) is 5.93. The fourth-order valence-electron chi connectivity index (χ4n) is 4.83. The van der Waals surface area contributed by atoms with Crippen LogP contribution in [0.4, 0.5) is 19.5 Å². The fraction of sp³-hybridized carbons (Fsp3) is 0.0645. The van der Waals surface area contributed by atoms with Crippen molar-refractivity contribution in [3.05, 3.63) is 114 Å². The third kappa shape index (κ3) is 5.27. The van der Waals surface area contributed by atoms with Crippen LogP contribution in [-0.4, -0.2) is 33.0 Å². The molecular formula is C31H22BF2N3O5S. The smallest absolute Gasteiger partial charge is 0.445 e. The lowest BCUT2D eigenvalue weighted by atomic mass is 9.75. The molecule has 0 radical (unpaired) electrons. The maximum atomic E-state index is 15.0. The number of anilines is 2. The number of carbonyl (C=O) groups is 1. The second-order valence-electron chi connectivity index (χ2n) is 9.66. The SMILES string of the molecule is Cc1ccc(-c2ncco2)cc1-c1ccc(N(C(=O)c2c(F)cccc2F)c2cc(-c3ncco3)cc(B(O)O)c2C)s1. The summed E-state index contributed by atoms with van der Waals surface area (Å²) in [7, 11) is -1.92. The molecule has 43 heavy (non-hydrogen) atoms. The zero-order valence-corrected chi connectivity index (χ0v) is 23.6. The van der Waals surface area contributed by atoms with E-state index in [0.29, 0.717) is 22.0 Å². The largest absolute Gasteiger partial charge is 0.488 e. The Bertz CT molecular complexity index is 1920. The molecule has 1 amide bonds. The van der Waals surface area contributed by atoms with E-state index in [4.69, 9.17) is 8.83 Å². The lowest BCUT2D eigenvalue weighted by molar-refractivity contribution is 0.0991. The van der Waals surface area contributed by atoms with E-state index in [0.717, 1.165) is 38.6 Å². The van der Waals surface area contributed by atoms with Gasteiger partial charge in [-0.3, -0.25) is 9.69 Å². The Hall–Kier alpha value is -4.91. The molecule has 0 saturated carbocycles. The van der Waals surface area contributed by atoms with Gasteiger partial charge in [-0.25, -0.2) is 18.7 Å². The van der Waals surface area contributed by atoms with E-state index in [2.05, 4.69) is 9.97 Å². The summed E-state index contributed by atoms with van der Waals surface area (Å²) in [6.07, 6.45) is 5.80. The third-order valence-corrected chi connectivity index (χ3v) is 8.10. The third-order valence-electron chi connectivity index (χ3n) is 6.99. The van der Waals surface area contributed by atoms with Crippen LogP contribution >= 0.6 is 11.3 Å². The lowest BCUT2D eigenvalue weighted by Crippen LogP contribution is -2.35. The van der Waals surface area contributed by atoms with Crippen molar-refractivity contribution >= 4 is 40.5 Å². The zero-order valence-electron chi connectivity index (χ0n) is 22.8. The van der Waals surface area contributed by atoms with E-state index >= 15 is 8.78 Å². The topological polar surface area (TPSA) is 113 Å². The minimum atomic E-state index is -1.92. The summed E-state index contributed by atoms with van der Waals surface area (Å²) in [4.78, 5) is 24.4. The van der Waals surface area contributed by atoms with Crippen LogP contribution in [0.5, 0.6) is 0 Å². The Morgan fingerprint density at radius 2 is 1.56 bits per heavy atom. The Balaban J connectivity index is 1.55. The second kappa shape index (κ2) is 11.4. The molecule has 0 fully saturated rings. The van der Waals surface area contributed by atoms with Crippen LogP contribution in [0.2, 0.25) is 0 Å². The van der Waals surface area contributed by atoms with Gasteiger partial charge in [-0.05, 0) is 84.5 Å². The minimum Gasteiger partial charge on any atom is -0.445 e. The Kier molecular flexibility index (Phi) is 7.49. The van der Waals surface area contributed by atoms with Gasteiger partial charge < -0.3 is 18.9 Å². The second-order valence-corrected chi connectivity index (χ2v) is 10.7. The molecule has 0 aliphatic heterocycles. The van der Waals surface area contributed by atoms with Crippen molar-refractivity contribution in [2.45, 2.75) is 13.8 Å². The molecule has 0 saturated heterocycles. The van der Waals surface area contributed by atoms with Crippen LogP contribution in [0.3, 0.4) is 0 Å². The van der Waals surface area contributed by atoms with Crippen LogP contribution in [0, 0.1) is 25.5 Å². The number of aryl methyl sites for hydroxylation is 1. The summed E-state index contributed by atoms with van der Waals surface area (Å²) in [6.45, 7) is 3.52. The molecular weight excluding hydrogens is 575 g/mol. The van der Waals surface area contributed by atoms with Crippen molar-refractivity contribution in [3.63, 3.8) is 0 Å². The molecule has 214 valence electrons. The highest BCUT2D eigenvalue weighted by molar-refractivity contribution is 7.19. The van der Waals surface area contributed by atoms with Crippen LogP contribution in [0.15, 0.2) is 94.4 Å². The molecule has 3 aromatic carbocycles. The maximum absolute atomic E-state index is 15.0. The van der Waals surface area contributed by atoms with Gasteiger partial charge in [-0.1, -0.05) is 12.1 Å². The number of hydrogen-bond acceptors (Lipinski definition) is 8. The molecule has 2 N–H and O–H groups in total. The average molecular weight is 597 g/mol. The van der Waals surface area contributed by atoms with E-state index in [-0.39, 0.29) is 17.0 Å². The van der Waals surface area contributed by atoms with Crippen LogP contribution in [0.1, 0.15) is 21.5 Å². The lowest BCUT2D eigenvalue weighted by Gasteiger charge is -2.25. The summed E-state index contributed by atoms with van der Waals surface area (Å²) in [5.41, 5.74) is 2.61. The van der Waals surface area contributed by atoms with Gasteiger partial charge in [-0.15, -0.1) is 11.3 Å². The first-order valence-corrected chi connectivity index (χ1v) is 13.8. The van der Waals surface area contributed by atoms with E-state index in [1.807, 2.05) is 25.1 Å². The Morgan fingerprint density at radius 1 is 0.884 bits per heavy atom. The Morgan fingerprint density at radius 3 is 2.19 bits per heavy atom. The summed E-state index contributed by atoms with van der Waals surface area (Å²) in [6, 6.07) is 15.4. The Labute approximate surface area is 248 Å². The molecule has 8 nitrogen and oxygen atoms in total. The molecule has 0 unspecified atom stereocenters. The van der Waals surface area contributed by atoms with Crippen molar-refractivity contribution in [1.82, 2.24) is 9.97 Å². The minimum absolute atomic E-state index is 0.0591. The molecule has 12 heteroatoms. The highest BCUT2D eigenvalue weighted by Gasteiger charge is 2.31. The van der Waals surface area contributed by atoms with E-state index < -0.39 is 30.2 Å². The van der Waals surface area contributed by atoms with Gasteiger partial charge in [0.15, 0.2) is 0 Å². The molecule has 3 heterocycles. The number of rotatable bonds is 7. The molecule has 0 spiro atoms. The number of thiophene rings is 1. The summed E-state index contributed by atoms with van der Waals surface area (Å²) < 4.78 is 40.9. The monoisotopic (exact) mass is 597 g/mol. The summed E-state index contributed by atoms with van der Waals surface area (Å²) >= 11 is 1.22. The quantitative estimate of drug-likeness (QED) is 0.208. The number of oxazole rings is 2. The van der Waals surface area contributed by atoms with E-state index in [1.54, 1.807) is 31.3 Å². The van der Waals surface area contributed by atoms with Crippen LogP contribution < -0.4 is 10.4 Å². The molecule has 0 bridgehead atoms. The number of aromatic nitrogens is 2. The van der Waals surface area contributed by atoms with Gasteiger partial charge in [0, 0.05) is 16.0 Å². The van der Waals surface area contributed by atoms with Crippen molar-refractivity contribution in [2.75, 3.05) is 4.90 Å². The number of halogens is 2. The normalized spacial score (nSPS) is 11.1. The summed E-state index contributed by atoms with van der Waals surface area (Å²) in [5.74, 6) is -2.46. The first kappa shape index (κ1) is 28.2. The molecule has 3 aromatic heterocycles. The van der Waals surface area contributed by atoms with Crippen LogP contribution in [-0.2, 0) is 0 Å². The molecule has 0 aliphatic carbocycles. The molecule has 0 aliphatic rings. The molecule has 6 aromatic rings. The van der Waals surface area contributed by atoms with Gasteiger partial charge in [-0.2, -0.15) is 0 Å². The first-order valence-electron chi connectivity index (χ1n) is 13.0. The number of amides is 1. The predicted octanol–water partition coefficient (Wildman–Crippen LogP) is 6.28. The number of hydrogen-bond donors (Lipinski definition) is 2. The highest BCUT2D eigenvalue weighted by atomic mass is 32.1. The van der Waals surface area contributed by atoms with Crippen LogP contribution in [0.25, 0.3) is 33.3 Å². The van der Waals surface area contributed by atoms with Gasteiger partial charge >= 0.3 is 7.12 Å². The number of benzene rings is 3. The van der Waals surface area contributed by atoms with Crippen molar-refractivity contribution in [3.8, 4) is 33.3 Å². The predicted molar refractivity (Wildman–Crippen MR) is 159 cm³/mol.